The maximum atomic E-state index is 11.3. The van der Waals surface area contributed by atoms with Gasteiger partial charge in [-0.1, -0.05) is 0 Å². The quantitative estimate of drug-likeness (QED) is 0.549. The van der Waals surface area contributed by atoms with Crippen molar-refractivity contribution in [3.63, 3.8) is 0 Å². The van der Waals surface area contributed by atoms with Gasteiger partial charge >= 0.3 is 123 Å². The third-order valence-electron chi connectivity index (χ3n) is 2.46. The van der Waals surface area contributed by atoms with Crippen LogP contribution in [0.1, 0.15) is 40.5 Å². The van der Waals surface area contributed by atoms with Gasteiger partial charge in [0, 0.05) is 0 Å². The molecular formula is C13H26O3Y. The summed E-state index contributed by atoms with van der Waals surface area (Å²) in [6, 6.07) is 0. The Morgan fingerprint density at radius 3 is 2.41 bits per heavy atom. The van der Waals surface area contributed by atoms with Crippen LogP contribution in [0.5, 0.6) is 0 Å². The molecule has 0 radical (unpaired) electrons. The van der Waals surface area contributed by atoms with Crippen LogP contribution in [0.2, 0.25) is 3.23 Å². The van der Waals surface area contributed by atoms with Crippen molar-refractivity contribution in [1.82, 2.24) is 0 Å². The molecule has 0 rings (SSSR count). The average molecular weight is 319 g/mol. The van der Waals surface area contributed by atoms with Gasteiger partial charge in [-0.05, 0) is 0 Å². The van der Waals surface area contributed by atoms with Gasteiger partial charge in [0.15, 0.2) is 0 Å². The zero-order chi connectivity index (χ0) is 13.1. The van der Waals surface area contributed by atoms with Gasteiger partial charge in [-0.25, -0.2) is 0 Å². The number of hydrogen-bond acceptors (Lipinski definition) is 3. The Balaban J connectivity index is 3.11. The van der Waals surface area contributed by atoms with Gasteiger partial charge in [0.05, 0.1) is 0 Å². The van der Waals surface area contributed by atoms with Crippen molar-refractivity contribution < 1.29 is 41.3 Å². The molecule has 0 fully saturated rings. The third kappa shape index (κ3) is 12.9. The van der Waals surface area contributed by atoms with Crippen molar-refractivity contribution in [3.8, 4) is 0 Å². The van der Waals surface area contributed by atoms with E-state index in [1.165, 1.54) is 6.42 Å². The number of Topliss-reactive ketones (excluding diaryl/α,β-unsaturated/α-hetero) is 1. The van der Waals surface area contributed by atoms with Gasteiger partial charge in [-0.2, -0.15) is 0 Å². The van der Waals surface area contributed by atoms with E-state index in [4.69, 9.17) is 6.79 Å². The van der Waals surface area contributed by atoms with E-state index in [-0.39, 0.29) is 5.92 Å². The molecule has 3 nitrogen and oxygen atoms in total. The summed E-state index contributed by atoms with van der Waals surface area (Å²) < 4.78 is 11.7. The Morgan fingerprint density at radius 1 is 1.12 bits per heavy atom. The van der Waals surface area contributed by atoms with Gasteiger partial charge in [-0.3, -0.25) is 0 Å². The summed E-state index contributed by atoms with van der Waals surface area (Å²) in [5.41, 5.74) is 0. The first-order chi connectivity index (χ1) is 8.04. The first-order valence-corrected chi connectivity index (χ1v) is 9.74. The zero-order valence-electron chi connectivity index (χ0n) is 11.7. The molecule has 4 heteroatoms. The zero-order valence-corrected chi connectivity index (χ0v) is 14.5. The number of hydrogen-bond donors (Lipinski definition) is 0. The van der Waals surface area contributed by atoms with Crippen molar-refractivity contribution in [2.75, 3.05) is 19.8 Å². The first kappa shape index (κ1) is 17.7. The van der Waals surface area contributed by atoms with Gasteiger partial charge in [0.2, 0.25) is 0 Å². The molecule has 0 N–H and O–H groups in total. The topological polar surface area (TPSA) is 35.5 Å². The molecule has 0 aliphatic rings. The standard InChI is InChI=1S/C8H17O2.C5H9O.Y/c1-8(2)4-3-6-10-7-5-9;1-4(2)5(3)6;/h8H,3-7H2,1-2H3;4H,3H2,1-2H3;/q-1;;+1. The molecule has 0 aliphatic carbocycles. The van der Waals surface area contributed by atoms with E-state index in [1.807, 2.05) is 13.8 Å². The second kappa shape index (κ2) is 11.8. The number of ketones is 1. The molecule has 0 amide bonds. The first-order valence-electron chi connectivity index (χ1n) is 6.57. The molecule has 0 heterocycles. The van der Waals surface area contributed by atoms with Crippen LogP contribution >= 0.6 is 0 Å². The molecule has 0 aromatic rings. The van der Waals surface area contributed by atoms with Crippen molar-refractivity contribution in [1.29, 1.82) is 0 Å². The summed E-state index contributed by atoms with van der Waals surface area (Å²) in [6.07, 6.45) is 2.35. The summed E-state index contributed by atoms with van der Waals surface area (Å²) in [5, 5.41) is 0. The van der Waals surface area contributed by atoms with E-state index < -0.39 is 29.7 Å². The van der Waals surface area contributed by atoms with Crippen LogP contribution in [-0.4, -0.2) is 25.6 Å². The molecule has 0 aliphatic heterocycles. The van der Waals surface area contributed by atoms with E-state index in [0.29, 0.717) is 22.2 Å². The number of ether oxygens (including phenoxy) is 1. The molecular weight excluding hydrogens is 293 g/mol. The van der Waals surface area contributed by atoms with Crippen LogP contribution in [0.3, 0.4) is 0 Å². The second-order valence-electron chi connectivity index (χ2n) is 5.01. The molecule has 99 valence electrons. The predicted octanol–water partition coefficient (Wildman–Crippen LogP) is 3.10. The van der Waals surface area contributed by atoms with Crippen LogP contribution in [0.15, 0.2) is 0 Å². The molecule has 0 atom stereocenters. The van der Waals surface area contributed by atoms with Crippen molar-refractivity contribution in [2.45, 2.75) is 43.8 Å². The van der Waals surface area contributed by atoms with Crippen LogP contribution in [0.25, 0.3) is 0 Å². The summed E-state index contributed by atoms with van der Waals surface area (Å²) in [5.74, 6) is 1.27. The van der Waals surface area contributed by atoms with E-state index in [0.717, 1.165) is 18.9 Å². The molecule has 17 heavy (non-hydrogen) atoms. The van der Waals surface area contributed by atoms with Gasteiger partial charge < -0.3 is 0 Å². The van der Waals surface area contributed by atoms with Crippen LogP contribution in [0.4, 0.5) is 0 Å². The van der Waals surface area contributed by atoms with Crippen molar-refractivity contribution >= 4 is 5.78 Å². The van der Waals surface area contributed by atoms with E-state index >= 15 is 0 Å². The SMILES string of the molecule is CC(C)CCCOCC[O][Y][CH2]C(=O)C(C)C. The molecule has 0 bridgehead atoms. The number of rotatable bonds is 11. The van der Waals surface area contributed by atoms with Crippen molar-refractivity contribution in [3.05, 3.63) is 0 Å². The number of carbonyl (C=O) groups excluding carboxylic acids is 1. The Bertz CT molecular complexity index is 193. The maximum absolute atomic E-state index is 11.3. The van der Waals surface area contributed by atoms with Gasteiger partial charge in [-0.15, -0.1) is 0 Å². The fourth-order valence-corrected chi connectivity index (χ4v) is 3.76. The van der Waals surface area contributed by atoms with E-state index in [9.17, 15) is 4.79 Å². The van der Waals surface area contributed by atoms with Crippen LogP contribution < -0.4 is 0 Å². The monoisotopic (exact) mass is 319 g/mol. The summed E-state index contributed by atoms with van der Waals surface area (Å²) in [4.78, 5) is 11.3. The Hall–Kier alpha value is 0.694. The minimum absolute atomic E-state index is 0.164. The summed E-state index contributed by atoms with van der Waals surface area (Å²) in [7, 11) is 0. The summed E-state index contributed by atoms with van der Waals surface area (Å²) in [6.45, 7) is 10.5. The molecule has 0 saturated carbocycles. The van der Waals surface area contributed by atoms with E-state index in [1.54, 1.807) is 0 Å². The normalized spacial score (nSPS) is 10.9. The van der Waals surface area contributed by atoms with Crippen LogP contribution in [0, 0.1) is 11.8 Å². The number of carbonyl (C=O) groups is 1. The molecule has 0 aromatic carbocycles. The molecule has 0 spiro atoms. The van der Waals surface area contributed by atoms with Crippen molar-refractivity contribution in [2.24, 2.45) is 11.8 Å². The third-order valence-corrected chi connectivity index (χ3v) is 5.02. The summed E-state index contributed by atoms with van der Waals surface area (Å²) >= 11 is -1.10. The molecule has 0 saturated heterocycles. The average Bonchev–Trinajstić information content (AvgIpc) is 2.25. The Labute approximate surface area is 122 Å². The fourth-order valence-electron chi connectivity index (χ4n) is 1.26. The van der Waals surface area contributed by atoms with E-state index in [2.05, 4.69) is 13.8 Å². The van der Waals surface area contributed by atoms with Crippen LogP contribution in [-0.2, 0) is 41.3 Å². The Morgan fingerprint density at radius 2 is 1.82 bits per heavy atom. The molecule has 0 unspecified atom stereocenters. The fraction of sp³-hybridized carbons (Fsp3) is 0.923. The predicted molar refractivity (Wildman–Crippen MR) is 65.5 cm³/mol. The Kier molecular flexibility index (Phi) is 12.2. The van der Waals surface area contributed by atoms with Gasteiger partial charge in [0.1, 0.15) is 0 Å². The second-order valence-corrected chi connectivity index (χ2v) is 7.65. The minimum atomic E-state index is -1.10. The van der Waals surface area contributed by atoms with Gasteiger partial charge in [0.25, 0.3) is 0 Å². The molecule has 0 aromatic heterocycles.